The molecule has 0 rings (SSSR count). The van der Waals surface area contributed by atoms with E-state index in [2.05, 4.69) is 0 Å². The summed E-state index contributed by atoms with van der Waals surface area (Å²) in [5.74, 6) is 0. The Hall–Kier alpha value is 3.09. The van der Waals surface area contributed by atoms with Crippen LogP contribution in [0.4, 0.5) is 0 Å². The Morgan fingerprint density at radius 3 is 1.20 bits per heavy atom. The van der Waals surface area contributed by atoms with Crippen LogP contribution in [0.15, 0.2) is 0 Å². The molecule has 0 bridgehead atoms. The second-order valence-corrected chi connectivity index (χ2v) is 0. The fourth-order valence-corrected chi connectivity index (χ4v) is 0. The van der Waals surface area contributed by atoms with E-state index in [-0.39, 0.29) is 104 Å². The first-order valence-corrected chi connectivity index (χ1v) is 0. The molecule has 0 aromatic carbocycles. The summed E-state index contributed by atoms with van der Waals surface area (Å²) in [6.07, 6.45) is 0. The summed E-state index contributed by atoms with van der Waals surface area (Å²) in [6, 6.07) is 0. The monoisotopic (exact) mass is 240 g/mol. The van der Waals surface area contributed by atoms with Gasteiger partial charge in [0.25, 0.3) is 0 Å². The molecule has 0 nitrogen and oxygen atoms in total. The van der Waals surface area contributed by atoms with Gasteiger partial charge in [-0.2, -0.15) is 0 Å². The third kappa shape index (κ3) is 19.2. The van der Waals surface area contributed by atoms with Crippen LogP contribution in [-0.4, -0.2) is 48.7 Å². The molecular weight excluding hydrogens is 234 g/mol. The Kier molecular flexibility index (Phi) is 235. The average Bonchev–Trinajstić information content (AvgIpc) is 0. The summed E-state index contributed by atoms with van der Waals surface area (Å²) in [5, 5.41) is 0. The summed E-state index contributed by atoms with van der Waals surface area (Å²) in [4.78, 5) is 0. The van der Waals surface area contributed by atoms with Crippen molar-refractivity contribution < 1.29 is 55.3 Å². The Labute approximate surface area is 102 Å². The molecule has 2 radical (unpaired) electrons. The molecule has 0 fully saturated rings. The van der Waals surface area contributed by atoms with Crippen LogP contribution < -0.4 is 0 Å². The normalized spacial score (nSPS) is 0. The van der Waals surface area contributed by atoms with Crippen molar-refractivity contribution in [3.05, 3.63) is 0 Å². The minimum Gasteiger partial charge on any atom is -1.00 e. The topological polar surface area (TPSA) is 0 Å². The van der Waals surface area contributed by atoms with Crippen LogP contribution in [0.25, 0.3) is 0 Å². The van der Waals surface area contributed by atoms with Crippen LogP contribution in [0.2, 0.25) is 0 Å². The van der Waals surface area contributed by atoms with Gasteiger partial charge in [0.05, 0.1) is 0 Å². The Bertz CT molecular complexity index is 17.7. The second kappa shape index (κ2) is 27.6. The van der Waals surface area contributed by atoms with Gasteiger partial charge < -0.3 is 2.85 Å². The molecule has 0 aliphatic carbocycles. The first-order valence-electron chi connectivity index (χ1n) is 0. The molecule has 0 aromatic rings. The summed E-state index contributed by atoms with van der Waals surface area (Å²) in [5.41, 5.74) is 0. The van der Waals surface area contributed by atoms with Gasteiger partial charge in [-0.25, -0.2) is 0 Å². The summed E-state index contributed by atoms with van der Waals surface area (Å²) in [7, 11) is 0. The van der Waals surface area contributed by atoms with Gasteiger partial charge in [-0.15, -0.1) is 0 Å². The maximum Gasteiger partial charge on any atom is 2.00 e. The fourth-order valence-electron chi connectivity index (χ4n) is 0. The molecule has 5 heteroatoms. The van der Waals surface area contributed by atoms with Crippen molar-refractivity contribution in [3.8, 4) is 0 Å². The zero-order valence-corrected chi connectivity index (χ0v) is 7.59. The molecule has 0 aliphatic rings. The van der Waals surface area contributed by atoms with Gasteiger partial charge in [-0.3, -0.25) is 0 Å². The van der Waals surface area contributed by atoms with Crippen molar-refractivity contribution in [2.45, 2.75) is 0 Å². The summed E-state index contributed by atoms with van der Waals surface area (Å²) in [6.45, 7) is 0. The zero-order valence-electron chi connectivity index (χ0n) is 3.84. The zero-order chi connectivity index (χ0) is 0. The van der Waals surface area contributed by atoms with Crippen LogP contribution in [0.5, 0.6) is 0 Å². The van der Waals surface area contributed by atoms with Crippen molar-refractivity contribution in [2.24, 2.45) is 0 Å². The van der Waals surface area contributed by atoms with Crippen molar-refractivity contribution in [2.75, 3.05) is 0 Å². The van der Waals surface area contributed by atoms with E-state index in [0.717, 1.165) is 0 Å². The molecule has 34 valence electrons. The first kappa shape index (κ1) is 42.6. The smallest absolute Gasteiger partial charge is 1.00 e. The summed E-state index contributed by atoms with van der Waals surface area (Å²) >= 11 is 0. The number of rotatable bonds is 0. The van der Waals surface area contributed by atoms with E-state index in [1.807, 2.05) is 0 Å². The molecule has 0 aliphatic heterocycles. The number of hydrogen-bond donors (Lipinski definition) is 0. The van der Waals surface area contributed by atoms with Gasteiger partial charge in [0.2, 0.25) is 0 Å². The molecule has 0 atom stereocenters. The fraction of sp³-hybridized carbons (Fsp3) is 0. The maximum atomic E-state index is 0. The molecule has 0 N–H and O–H groups in total. The maximum absolute atomic E-state index is 0. The number of hydrogen-bond acceptors (Lipinski definition) is 0. The molecule has 0 unspecified atom stereocenters. The van der Waals surface area contributed by atoms with Gasteiger partial charge in [-0.05, 0) is 11.0 Å². The van der Waals surface area contributed by atoms with Crippen LogP contribution in [0.3, 0.4) is 0 Å². The molecule has 0 spiro atoms. The van der Waals surface area contributed by atoms with Gasteiger partial charge >= 0.3 is 37.7 Å². The molecule has 0 amide bonds. The van der Waals surface area contributed by atoms with E-state index in [9.17, 15) is 0 Å². The Morgan fingerprint density at radius 2 is 1.20 bits per heavy atom. The minimum absolute atomic E-state index is 0. The van der Waals surface area contributed by atoms with Crippen LogP contribution >= 0.6 is 0 Å². The van der Waals surface area contributed by atoms with Gasteiger partial charge in [0.1, 0.15) is 0 Å². The third-order valence-electron chi connectivity index (χ3n) is 0. The van der Waals surface area contributed by atoms with Crippen molar-refractivity contribution >= 4 is 48.7 Å². The van der Waals surface area contributed by atoms with Gasteiger partial charge in [0.15, 0.2) is 0 Å². The van der Waals surface area contributed by atoms with E-state index < -0.39 is 0 Å². The minimum atomic E-state index is 0. The van der Waals surface area contributed by atoms with E-state index in [4.69, 9.17) is 0 Å². The van der Waals surface area contributed by atoms with Crippen molar-refractivity contribution in [3.63, 3.8) is 0 Å². The van der Waals surface area contributed by atoms with Crippen LogP contribution in [-0.2, 0) is 52.4 Å². The average molecular weight is 240 g/mol. The molecule has 5 heavy (non-hydrogen) atoms. The van der Waals surface area contributed by atoms with Crippen molar-refractivity contribution in [1.29, 1.82) is 0 Å². The van der Waals surface area contributed by atoms with E-state index in [1.54, 1.807) is 0 Å². The Balaban J connectivity index is 0. The molecule has 0 saturated heterocycles. The van der Waals surface area contributed by atoms with Crippen molar-refractivity contribution in [1.82, 2.24) is 0 Å². The predicted molar refractivity (Wildman–Crippen MR) is 19.3 cm³/mol. The molecule has 0 saturated carbocycles. The van der Waals surface area contributed by atoms with E-state index >= 15 is 0 Å². The van der Waals surface area contributed by atoms with E-state index in [1.165, 1.54) is 0 Å². The SMILES string of the molecule is [Ca+2].[Co].[Fe].[H-].[H-].[SiH4].[V]. The second-order valence-electron chi connectivity index (χ2n) is 0. The van der Waals surface area contributed by atoms with E-state index in [0.29, 0.717) is 0 Å². The van der Waals surface area contributed by atoms with Gasteiger partial charge in [0, 0.05) is 52.4 Å². The quantitative estimate of drug-likeness (QED) is 0.447. The third-order valence-corrected chi connectivity index (χ3v) is 0. The van der Waals surface area contributed by atoms with Gasteiger partial charge in [-0.1, -0.05) is 0 Å². The largest absolute Gasteiger partial charge is 2.00 e. The Morgan fingerprint density at radius 1 is 1.20 bits per heavy atom. The standard InChI is InChI=1S/Ca.Co.Fe.H4Si.V.2H/h;;;1H4;;;/q+2;;;;;2*-1. The molecular formula is H6CaCoFeSiV. The molecule has 0 aromatic heterocycles. The predicted octanol–water partition coefficient (Wildman–Crippen LogP) is -1.61. The molecule has 0 heterocycles. The van der Waals surface area contributed by atoms with Crippen LogP contribution in [0, 0.1) is 0 Å². The first-order chi connectivity index (χ1) is 0. The summed E-state index contributed by atoms with van der Waals surface area (Å²) < 4.78 is 0. The van der Waals surface area contributed by atoms with Crippen LogP contribution in [0.1, 0.15) is 2.85 Å².